The van der Waals surface area contributed by atoms with Gasteiger partial charge in [-0.3, -0.25) is 19.4 Å². The monoisotopic (exact) mass is 366 g/mol. The molecule has 0 aromatic carbocycles. The number of aromatic nitrogens is 4. The molecule has 140 valence electrons. The number of pyridine rings is 2. The first-order valence-electron chi connectivity index (χ1n) is 9.02. The Morgan fingerprint density at radius 2 is 2.00 bits per heavy atom. The number of aryl methyl sites for hydroxylation is 1. The minimum absolute atomic E-state index is 0.102. The Hall–Kier alpha value is -2.84. The highest BCUT2D eigenvalue weighted by Gasteiger charge is 2.19. The second-order valence-corrected chi connectivity index (χ2v) is 6.94. The zero-order chi connectivity index (χ0) is 18.8. The van der Waals surface area contributed by atoms with Crippen LogP contribution < -0.4 is 5.32 Å². The SMILES string of the molecule is Cn1cc(-c2cnc3cnc(NC(=O)CN4CCC(O)CC4)cc3c2)cn1. The Labute approximate surface area is 156 Å². The molecule has 4 heterocycles. The fraction of sp³-hybridized carbons (Fsp3) is 0.368. The van der Waals surface area contributed by atoms with E-state index in [1.807, 2.05) is 30.3 Å². The highest BCUT2D eigenvalue weighted by molar-refractivity contribution is 5.93. The van der Waals surface area contributed by atoms with Crippen LogP contribution >= 0.6 is 0 Å². The highest BCUT2D eigenvalue weighted by Crippen LogP contribution is 2.23. The Bertz CT molecular complexity index is 962. The fourth-order valence-electron chi connectivity index (χ4n) is 3.29. The molecule has 1 saturated heterocycles. The summed E-state index contributed by atoms with van der Waals surface area (Å²) in [5.74, 6) is 0.407. The molecule has 1 aliphatic rings. The molecular weight excluding hydrogens is 344 g/mol. The minimum atomic E-state index is -0.243. The molecule has 3 aromatic heterocycles. The first-order chi connectivity index (χ1) is 13.1. The maximum Gasteiger partial charge on any atom is 0.239 e. The third-order valence-electron chi connectivity index (χ3n) is 4.80. The molecule has 8 heteroatoms. The van der Waals surface area contributed by atoms with Crippen LogP contribution in [0.25, 0.3) is 22.0 Å². The van der Waals surface area contributed by atoms with Gasteiger partial charge in [0.1, 0.15) is 5.82 Å². The minimum Gasteiger partial charge on any atom is -0.393 e. The average Bonchev–Trinajstić information content (AvgIpc) is 3.09. The van der Waals surface area contributed by atoms with E-state index in [4.69, 9.17) is 0 Å². The van der Waals surface area contributed by atoms with Crippen LogP contribution in [-0.4, -0.2) is 61.4 Å². The van der Waals surface area contributed by atoms with Crippen molar-refractivity contribution in [3.05, 3.63) is 36.9 Å². The summed E-state index contributed by atoms with van der Waals surface area (Å²) in [5.41, 5.74) is 2.72. The molecule has 4 rings (SSSR count). The summed E-state index contributed by atoms with van der Waals surface area (Å²) in [5, 5.41) is 17.5. The number of rotatable bonds is 4. The number of anilines is 1. The van der Waals surface area contributed by atoms with E-state index < -0.39 is 0 Å². The van der Waals surface area contributed by atoms with Gasteiger partial charge >= 0.3 is 0 Å². The van der Waals surface area contributed by atoms with Crippen LogP contribution in [0.3, 0.4) is 0 Å². The number of hydrogen-bond donors (Lipinski definition) is 2. The van der Waals surface area contributed by atoms with Crippen molar-refractivity contribution < 1.29 is 9.90 Å². The van der Waals surface area contributed by atoms with Crippen LogP contribution in [0.2, 0.25) is 0 Å². The summed E-state index contributed by atoms with van der Waals surface area (Å²) in [6.07, 6.45) is 8.37. The standard InChI is InChI=1S/C19H22N6O2/c1-24-11-15(9-22-24)14-6-13-7-18(21-10-17(13)20-8-14)23-19(27)12-25-4-2-16(26)3-5-25/h6-11,16,26H,2-5,12H2,1H3,(H,21,23,27). The van der Waals surface area contributed by atoms with Gasteiger partial charge in [0.2, 0.25) is 5.91 Å². The van der Waals surface area contributed by atoms with Gasteiger partial charge in [-0.05, 0) is 25.0 Å². The number of aliphatic hydroxyl groups is 1. The Morgan fingerprint density at radius 1 is 1.19 bits per heavy atom. The normalized spacial score (nSPS) is 15.9. The second-order valence-electron chi connectivity index (χ2n) is 6.94. The molecule has 2 N–H and O–H groups in total. The Kier molecular flexibility index (Phi) is 4.83. The number of nitrogens with zero attached hydrogens (tertiary/aromatic N) is 5. The predicted octanol–water partition coefficient (Wildman–Crippen LogP) is 1.43. The Balaban J connectivity index is 1.48. The van der Waals surface area contributed by atoms with Gasteiger partial charge in [-0.25, -0.2) is 4.98 Å². The van der Waals surface area contributed by atoms with E-state index in [2.05, 4.69) is 20.4 Å². The van der Waals surface area contributed by atoms with Crippen LogP contribution in [0.5, 0.6) is 0 Å². The smallest absolute Gasteiger partial charge is 0.239 e. The molecule has 8 nitrogen and oxygen atoms in total. The lowest BCUT2D eigenvalue weighted by atomic mass is 10.1. The van der Waals surface area contributed by atoms with Crippen molar-refractivity contribution in [1.82, 2.24) is 24.6 Å². The second kappa shape index (κ2) is 7.42. The molecule has 3 aromatic rings. The molecule has 1 amide bonds. The number of hydrogen-bond acceptors (Lipinski definition) is 6. The Morgan fingerprint density at radius 3 is 2.74 bits per heavy atom. The summed E-state index contributed by atoms with van der Waals surface area (Å²) >= 11 is 0. The number of carbonyl (C=O) groups excluding carboxylic acids is 1. The van der Waals surface area contributed by atoms with Gasteiger partial charge in [0.05, 0.1) is 30.6 Å². The van der Waals surface area contributed by atoms with Gasteiger partial charge in [0, 0.05) is 49.0 Å². The van der Waals surface area contributed by atoms with Crippen molar-refractivity contribution in [3.63, 3.8) is 0 Å². The topological polar surface area (TPSA) is 96.2 Å². The molecular formula is C19H22N6O2. The zero-order valence-electron chi connectivity index (χ0n) is 15.2. The number of fused-ring (bicyclic) bond motifs is 1. The van der Waals surface area contributed by atoms with E-state index in [0.717, 1.165) is 35.1 Å². The van der Waals surface area contributed by atoms with Crippen molar-refractivity contribution in [2.24, 2.45) is 7.05 Å². The lowest BCUT2D eigenvalue weighted by Crippen LogP contribution is -2.40. The van der Waals surface area contributed by atoms with Crippen LogP contribution in [0.15, 0.2) is 36.9 Å². The summed E-state index contributed by atoms with van der Waals surface area (Å²) in [6, 6.07) is 3.85. The largest absolute Gasteiger partial charge is 0.393 e. The molecule has 0 saturated carbocycles. The molecule has 0 aliphatic carbocycles. The molecule has 0 atom stereocenters. The predicted molar refractivity (Wildman–Crippen MR) is 102 cm³/mol. The van der Waals surface area contributed by atoms with Crippen molar-refractivity contribution >= 4 is 22.6 Å². The molecule has 27 heavy (non-hydrogen) atoms. The maximum absolute atomic E-state index is 12.3. The first-order valence-corrected chi connectivity index (χ1v) is 9.02. The van der Waals surface area contributed by atoms with E-state index in [1.54, 1.807) is 23.3 Å². The van der Waals surface area contributed by atoms with Crippen LogP contribution in [0.4, 0.5) is 5.82 Å². The molecule has 0 radical (unpaired) electrons. The summed E-state index contributed by atoms with van der Waals surface area (Å²) in [7, 11) is 1.87. The summed E-state index contributed by atoms with van der Waals surface area (Å²) in [6.45, 7) is 1.77. The molecule has 0 bridgehead atoms. The molecule has 0 spiro atoms. The number of carbonyl (C=O) groups is 1. The first kappa shape index (κ1) is 17.6. The number of aliphatic hydroxyl groups excluding tert-OH is 1. The summed E-state index contributed by atoms with van der Waals surface area (Å²) in [4.78, 5) is 23.1. The van der Waals surface area contributed by atoms with Crippen molar-refractivity contribution in [2.75, 3.05) is 25.0 Å². The number of piperidine rings is 1. The number of nitrogens with one attached hydrogen (secondary N) is 1. The lowest BCUT2D eigenvalue weighted by Gasteiger charge is -2.28. The fourth-order valence-corrected chi connectivity index (χ4v) is 3.29. The van der Waals surface area contributed by atoms with Crippen LogP contribution in [0, 0.1) is 0 Å². The summed E-state index contributed by atoms with van der Waals surface area (Å²) < 4.78 is 1.75. The van der Waals surface area contributed by atoms with E-state index in [1.165, 1.54) is 0 Å². The van der Waals surface area contributed by atoms with Crippen molar-refractivity contribution in [3.8, 4) is 11.1 Å². The third-order valence-corrected chi connectivity index (χ3v) is 4.80. The zero-order valence-corrected chi connectivity index (χ0v) is 15.2. The molecule has 1 aliphatic heterocycles. The van der Waals surface area contributed by atoms with Crippen LogP contribution in [0.1, 0.15) is 12.8 Å². The van der Waals surface area contributed by atoms with E-state index in [9.17, 15) is 9.90 Å². The van der Waals surface area contributed by atoms with Gasteiger partial charge in [-0.1, -0.05) is 0 Å². The quantitative estimate of drug-likeness (QED) is 0.725. The van der Waals surface area contributed by atoms with Gasteiger partial charge in [0.15, 0.2) is 0 Å². The van der Waals surface area contributed by atoms with E-state index >= 15 is 0 Å². The van der Waals surface area contributed by atoms with Crippen molar-refractivity contribution in [2.45, 2.75) is 18.9 Å². The number of likely N-dealkylation sites (tertiary alicyclic amines) is 1. The van der Waals surface area contributed by atoms with E-state index in [-0.39, 0.29) is 12.0 Å². The lowest BCUT2D eigenvalue weighted by molar-refractivity contribution is -0.117. The molecule has 1 fully saturated rings. The van der Waals surface area contributed by atoms with E-state index in [0.29, 0.717) is 25.2 Å². The highest BCUT2D eigenvalue weighted by atomic mass is 16.3. The average molecular weight is 366 g/mol. The maximum atomic E-state index is 12.3. The van der Waals surface area contributed by atoms with Crippen LogP contribution in [-0.2, 0) is 11.8 Å². The number of amides is 1. The van der Waals surface area contributed by atoms with Gasteiger partial charge in [-0.15, -0.1) is 0 Å². The third kappa shape index (κ3) is 4.12. The van der Waals surface area contributed by atoms with Gasteiger partial charge in [-0.2, -0.15) is 5.10 Å². The van der Waals surface area contributed by atoms with Crippen molar-refractivity contribution in [1.29, 1.82) is 0 Å². The van der Waals surface area contributed by atoms with Gasteiger partial charge in [0.25, 0.3) is 0 Å². The molecule has 0 unspecified atom stereocenters. The van der Waals surface area contributed by atoms with Gasteiger partial charge < -0.3 is 10.4 Å².